The third-order valence-electron chi connectivity index (χ3n) is 5.96. The highest BCUT2D eigenvalue weighted by molar-refractivity contribution is 6.31. The summed E-state index contributed by atoms with van der Waals surface area (Å²) in [5.74, 6) is 1.38. The lowest BCUT2D eigenvalue weighted by Gasteiger charge is -2.29. The van der Waals surface area contributed by atoms with Crippen molar-refractivity contribution in [1.29, 1.82) is 0 Å². The van der Waals surface area contributed by atoms with Crippen molar-refractivity contribution in [3.63, 3.8) is 0 Å². The highest BCUT2D eigenvalue weighted by Gasteiger charge is 2.35. The molecule has 0 bridgehead atoms. The average Bonchev–Trinajstić information content (AvgIpc) is 3.28. The first kappa shape index (κ1) is 22.7. The van der Waals surface area contributed by atoms with Gasteiger partial charge in [-0.3, -0.25) is 4.79 Å². The fourth-order valence-corrected chi connectivity index (χ4v) is 4.43. The number of para-hydroxylation sites is 2. The van der Waals surface area contributed by atoms with Gasteiger partial charge < -0.3 is 15.4 Å². The number of nitrogens with one attached hydrogen (secondary N) is 2. The number of ether oxygens (including phenoxy) is 1. The first-order valence-electron chi connectivity index (χ1n) is 11.2. The van der Waals surface area contributed by atoms with Crippen molar-refractivity contribution in [2.45, 2.75) is 19.9 Å². The summed E-state index contributed by atoms with van der Waals surface area (Å²) in [7, 11) is 1.57. The van der Waals surface area contributed by atoms with E-state index in [1.807, 2.05) is 74.5 Å². The first-order valence-corrected chi connectivity index (χ1v) is 11.5. The van der Waals surface area contributed by atoms with Gasteiger partial charge in [-0.1, -0.05) is 71.8 Å². The Morgan fingerprint density at radius 1 is 1.03 bits per heavy atom. The number of methoxy groups -OCH3 is 1. The molecule has 1 unspecified atom stereocenters. The van der Waals surface area contributed by atoms with E-state index in [4.69, 9.17) is 26.4 Å². The minimum absolute atomic E-state index is 0.289. The van der Waals surface area contributed by atoms with Gasteiger partial charge in [-0.15, -0.1) is 5.10 Å². The molecule has 0 saturated heterocycles. The van der Waals surface area contributed by atoms with Gasteiger partial charge in [0.05, 0.1) is 18.4 Å². The van der Waals surface area contributed by atoms with Crippen LogP contribution in [0.1, 0.15) is 24.1 Å². The van der Waals surface area contributed by atoms with Crippen LogP contribution in [-0.4, -0.2) is 27.8 Å². The lowest BCUT2D eigenvalue weighted by molar-refractivity contribution is -0.113. The number of anilines is 2. The van der Waals surface area contributed by atoms with Crippen LogP contribution < -0.4 is 15.4 Å². The normalized spacial score (nSPS) is 14.8. The maximum Gasteiger partial charge on any atom is 0.255 e. The molecule has 35 heavy (non-hydrogen) atoms. The molecule has 0 fully saturated rings. The predicted molar refractivity (Wildman–Crippen MR) is 138 cm³/mol. The first-order chi connectivity index (χ1) is 17.0. The Morgan fingerprint density at radius 2 is 1.74 bits per heavy atom. The summed E-state index contributed by atoms with van der Waals surface area (Å²) in [4.78, 5) is 18.4. The van der Waals surface area contributed by atoms with Gasteiger partial charge in [0, 0.05) is 21.8 Å². The largest absolute Gasteiger partial charge is 0.495 e. The molecule has 0 radical (unpaired) electrons. The van der Waals surface area contributed by atoms with Crippen LogP contribution in [0.4, 0.5) is 11.6 Å². The van der Waals surface area contributed by atoms with Crippen molar-refractivity contribution < 1.29 is 9.53 Å². The van der Waals surface area contributed by atoms with Crippen LogP contribution in [0, 0.1) is 6.92 Å². The molecule has 0 aliphatic carbocycles. The second-order valence-corrected chi connectivity index (χ2v) is 8.72. The number of allylic oxidation sites excluding steroid dienone is 1. The number of amides is 1. The maximum atomic E-state index is 13.7. The zero-order valence-corrected chi connectivity index (χ0v) is 20.3. The Balaban J connectivity index is 1.61. The van der Waals surface area contributed by atoms with Gasteiger partial charge in [0.2, 0.25) is 5.95 Å². The van der Waals surface area contributed by atoms with E-state index < -0.39 is 6.04 Å². The summed E-state index contributed by atoms with van der Waals surface area (Å²) in [6, 6.07) is 22.2. The van der Waals surface area contributed by atoms with E-state index in [1.54, 1.807) is 23.9 Å². The number of carbonyl (C=O) groups excluding carboxylic acids is 1. The number of aryl methyl sites for hydroxylation is 1. The third-order valence-corrected chi connectivity index (χ3v) is 6.31. The molecule has 5 rings (SSSR count). The van der Waals surface area contributed by atoms with Crippen LogP contribution in [0.5, 0.6) is 5.75 Å². The second kappa shape index (κ2) is 9.27. The molecular weight excluding hydrogens is 462 g/mol. The number of hydrogen-bond donors (Lipinski definition) is 2. The molecule has 3 aromatic carbocycles. The Labute approximate surface area is 208 Å². The lowest BCUT2D eigenvalue weighted by Crippen LogP contribution is -2.31. The quantitative estimate of drug-likeness (QED) is 0.371. The van der Waals surface area contributed by atoms with Crippen LogP contribution in [0.15, 0.2) is 84.1 Å². The summed E-state index contributed by atoms with van der Waals surface area (Å²) < 4.78 is 7.14. The average molecular weight is 486 g/mol. The SMILES string of the molecule is COc1ccccc1NC(=O)C1=C(C)Nc2nc(-c3ccc(C)cc3)nn2C1c1ccccc1Cl. The van der Waals surface area contributed by atoms with Crippen molar-refractivity contribution in [3.05, 3.63) is 100 Å². The summed E-state index contributed by atoms with van der Waals surface area (Å²) >= 11 is 6.63. The number of carbonyl (C=O) groups is 1. The van der Waals surface area contributed by atoms with Crippen LogP contribution in [-0.2, 0) is 4.79 Å². The number of benzene rings is 3. The number of nitrogens with zero attached hydrogens (tertiary/aromatic N) is 3. The van der Waals surface area contributed by atoms with Crippen molar-refractivity contribution in [2.75, 3.05) is 17.7 Å². The number of halogens is 1. The van der Waals surface area contributed by atoms with E-state index in [0.717, 1.165) is 16.7 Å². The van der Waals surface area contributed by atoms with Gasteiger partial charge >= 0.3 is 0 Å². The number of hydrogen-bond acceptors (Lipinski definition) is 5. The van der Waals surface area contributed by atoms with Crippen LogP contribution in [0.2, 0.25) is 5.02 Å². The summed E-state index contributed by atoms with van der Waals surface area (Å²) in [6.45, 7) is 3.88. The molecule has 4 aromatic rings. The lowest BCUT2D eigenvalue weighted by atomic mass is 9.95. The minimum Gasteiger partial charge on any atom is -0.495 e. The topological polar surface area (TPSA) is 81.1 Å². The molecule has 2 N–H and O–H groups in total. The van der Waals surface area contributed by atoms with Crippen molar-refractivity contribution in [2.24, 2.45) is 0 Å². The van der Waals surface area contributed by atoms with Crippen LogP contribution >= 0.6 is 11.6 Å². The fourth-order valence-electron chi connectivity index (χ4n) is 4.19. The standard InChI is InChI=1S/C27H24ClN5O2/c1-16-12-14-18(15-13-16)25-31-27-29-17(2)23(26(34)30-21-10-6-7-11-22(21)35-3)24(33(27)32-25)19-8-4-5-9-20(19)28/h4-15,24H,1-3H3,(H,30,34)(H,29,31,32). The van der Waals surface area contributed by atoms with E-state index in [9.17, 15) is 4.79 Å². The van der Waals surface area contributed by atoms with Crippen molar-refractivity contribution in [3.8, 4) is 17.1 Å². The van der Waals surface area contributed by atoms with Crippen molar-refractivity contribution in [1.82, 2.24) is 14.8 Å². The molecule has 0 spiro atoms. The zero-order valence-electron chi connectivity index (χ0n) is 19.5. The summed E-state index contributed by atoms with van der Waals surface area (Å²) in [5, 5.41) is 11.6. The number of aromatic nitrogens is 3. The van der Waals surface area contributed by atoms with Gasteiger partial charge in [-0.25, -0.2) is 4.68 Å². The molecule has 176 valence electrons. The molecule has 1 atom stereocenters. The van der Waals surface area contributed by atoms with Crippen LogP contribution in [0.3, 0.4) is 0 Å². The smallest absolute Gasteiger partial charge is 0.255 e. The molecular formula is C27H24ClN5O2. The molecule has 0 saturated carbocycles. The molecule has 1 aliphatic rings. The van der Waals surface area contributed by atoms with E-state index in [1.165, 1.54) is 0 Å². The van der Waals surface area contributed by atoms with Crippen molar-refractivity contribution >= 4 is 29.1 Å². The molecule has 1 aliphatic heterocycles. The third kappa shape index (κ3) is 4.26. The Morgan fingerprint density at radius 3 is 2.49 bits per heavy atom. The van der Waals surface area contributed by atoms with E-state index in [0.29, 0.717) is 39.5 Å². The second-order valence-electron chi connectivity index (χ2n) is 8.31. The number of fused-ring (bicyclic) bond motifs is 1. The van der Waals surface area contributed by atoms with E-state index in [2.05, 4.69) is 10.6 Å². The Bertz CT molecular complexity index is 1440. The van der Waals surface area contributed by atoms with Gasteiger partial charge in [0.1, 0.15) is 11.8 Å². The maximum absolute atomic E-state index is 13.7. The zero-order chi connectivity index (χ0) is 24.5. The predicted octanol–water partition coefficient (Wildman–Crippen LogP) is 5.84. The van der Waals surface area contributed by atoms with Gasteiger partial charge in [0.25, 0.3) is 5.91 Å². The highest BCUT2D eigenvalue weighted by atomic mass is 35.5. The highest BCUT2D eigenvalue weighted by Crippen LogP contribution is 2.39. The molecule has 1 amide bonds. The van der Waals surface area contributed by atoms with Gasteiger partial charge in [-0.05, 0) is 32.0 Å². The molecule has 2 heterocycles. The van der Waals surface area contributed by atoms with Gasteiger partial charge in [0.15, 0.2) is 5.82 Å². The Kier molecular flexibility index (Phi) is 6.01. The monoisotopic (exact) mass is 485 g/mol. The number of rotatable bonds is 5. The Hall–Kier alpha value is -4.10. The minimum atomic E-state index is -0.582. The summed E-state index contributed by atoms with van der Waals surface area (Å²) in [5.41, 5.74) is 4.51. The van der Waals surface area contributed by atoms with E-state index >= 15 is 0 Å². The molecule has 7 nitrogen and oxygen atoms in total. The summed E-state index contributed by atoms with van der Waals surface area (Å²) in [6.07, 6.45) is 0. The fraction of sp³-hybridized carbons (Fsp3) is 0.148. The van der Waals surface area contributed by atoms with Crippen LogP contribution in [0.25, 0.3) is 11.4 Å². The molecule has 8 heteroatoms. The van der Waals surface area contributed by atoms with E-state index in [-0.39, 0.29) is 5.91 Å². The van der Waals surface area contributed by atoms with Gasteiger partial charge in [-0.2, -0.15) is 4.98 Å². The molecule has 1 aromatic heterocycles.